The second-order valence-electron chi connectivity index (χ2n) is 7.89. The predicted octanol–water partition coefficient (Wildman–Crippen LogP) is 3.65. The molecule has 4 aliphatic carbocycles. The summed E-state index contributed by atoms with van der Waals surface area (Å²) in [7, 11) is 0. The van der Waals surface area contributed by atoms with Crippen LogP contribution < -0.4 is 5.73 Å². The van der Waals surface area contributed by atoms with Gasteiger partial charge in [0, 0.05) is 17.4 Å². The lowest BCUT2D eigenvalue weighted by Crippen LogP contribution is -2.49. The first-order valence-electron chi connectivity index (χ1n) is 8.19. The van der Waals surface area contributed by atoms with Crippen molar-refractivity contribution in [3.63, 3.8) is 0 Å². The molecule has 3 heteroatoms. The number of hydrogen-bond acceptors (Lipinski definition) is 3. The Labute approximate surface area is 121 Å². The zero-order valence-corrected chi connectivity index (χ0v) is 12.6. The standard InChI is InChI=1S/C17H25N3/c1-10(2)16-19-14(6-15(18)20-16)17-7-11-3-12(8-17)5-13(4-11)9-17/h6,10-13H,3-5,7-9H2,1-2H3,(H2,18,19,20). The molecule has 1 heterocycles. The van der Waals surface area contributed by atoms with Crippen LogP contribution >= 0.6 is 0 Å². The third-order valence-corrected chi connectivity index (χ3v) is 5.86. The lowest BCUT2D eigenvalue weighted by molar-refractivity contribution is -0.00734. The summed E-state index contributed by atoms with van der Waals surface area (Å²) in [6.07, 6.45) is 8.43. The fourth-order valence-corrected chi connectivity index (χ4v) is 5.44. The summed E-state index contributed by atoms with van der Waals surface area (Å²) in [4.78, 5) is 9.36. The van der Waals surface area contributed by atoms with Gasteiger partial charge in [-0.1, -0.05) is 13.8 Å². The molecule has 4 aliphatic rings. The molecule has 0 radical (unpaired) electrons. The van der Waals surface area contributed by atoms with Gasteiger partial charge in [-0.15, -0.1) is 0 Å². The lowest BCUT2D eigenvalue weighted by atomic mass is 9.49. The van der Waals surface area contributed by atoms with Crippen molar-refractivity contribution >= 4 is 5.82 Å². The number of nitrogens with two attached hydrogens (primary N) is 1. The summed E-state index contributed by atoms with van der Waals surface area (Å²) >= 11 is 0. The molecule has 4 saturated carbocycles. The number of nitrogens with zero attached hydrogens (tertiary/aromatic N) is 2. The van der Waals surface area contributed by atoms with Crippen LogP contribution in [-0.4, -0.2) is 9.97 Å². The van der Waals surface area contributed by atoms with Gasteiger partial charge >= 0.3 is 0 Å². The van der Waals surface area contributed by atoms with Crippen molar-refractivity contribution in [3.05, 3.63) is 17.6 Å². The van der Waals surface area contributed by atoms with Crippen molar-refractivity contribution < 1.29 is 0 Å². The molecular weight excluding hydrogens is 246 g/mol. The molecule has 1 aromatic rings. The highest BCUT2D eigenvalue weighted by atomic mass is 15.0. The van der Waals surface area contributed by atoms with Gasteiger partial charge in [-0.25, -0.2) is 9.97 Å². The summed E-state index contributed by atoms with van der Waals surface area (Å²) in [5.74, 6) is 4.77. The quantitative estimate of drug-likeness (QED) is 0.893. The van der Waals surface area contributed by atoms with Crippen LogP contribution in [0.3, 0.4) is 0 Å². The van der Waals surface area contributed by atoms with Gasteiger partial charge in [0.25, 0.3) is 0 Å². The molecule has 4 bridgehead atoms. The Hall–Kier alpha value is -1.12. The Bertz CT molecular complexity index is 500. The Morgan fingerprint density at radius 2 is 1.60 bits per heavy atom. The molecule has 108 valence electrons. The number of hydrogen-bond donors (Lipinski definition) is 1. The van der Waals surface area contributed by atoms with E-state index in [-0.39, 0.29) is 0 Å². The molecule has 0 atom stereocenters. The molecule has 20 heavy (non-hydrogen) atoms. The third-order valence-electron chi connectivity index (χ3n) is 5.86. The minimum Gasteiger partial charge on any atom is -0.384 e. The van der Waals surface area contributed by atoms with Crippen molar-refractivity contribution in [2.45, 2.75) is 63.7 Å². The minimum absolute atomic E-state index is 0.329. The number of anilines is 1. The molecule has 3 nitrogen and oxygen atoms in total. The highest BCUT2D eigenvalue weighted by Gasteiger charge is 2.52. The average Bonchev–Trinajstić information content (AvgIpc) is 2.36. The van der Waals surface area contributed by atoms with Gasteiger partial charge < -0.3 is 5.73 Å². The van der Waals surface area contributed by atoms with Crippen LogP contribution in [0.15, 0.2) is 6.07 Å². The van der Waals surface area contributed by atoms with E-state index >= 15 is 0 Å². The highest BCUT2D eigenvalue weighted by molar-refractivity contribution is 5.35. The maximum absolute atomic E-state index is 6.06. The normalized spacial score (nSPS) is 38.6. The van der Waals surface area contributed by atoms with E-state index in [1.807, 2.05) is 0 Å². The van der Waals surface area contributed by atoms with Gasteiger partial charge in [0.1, 0.15) is 11.6 Å². The largest absolute Gasteiger partial charge is 0.384 e. The molecular formula is C17H25N3. The fourth-order valence-electron chi connectivity index (χ4n) is 5.44. The topological polar surface area (TPSA) is 51.8 Å². The molecule has 0 spiro atoms. The number of rotatable bonds is 2. The maximum atomic E-state index is 6.06. The Morgan fingerprint density at radius 1 is 1.05 bits per heavy atom. The first-order valence-corrected chi connectivity index (χ1v) is 8.19. The molecule has 0 amide bonds. The molecule has 1 aromatic heterocycles. The van der Waals surface area contributed by atoms with Crippen LogP contribution in [0.4, 0.5) is 5.82 Å². The van der Waals surface area contributed by atoms with Crippen LogP contribution in [0.1, 0.15) is 69.8 Å². The summed E-state index contributed by atoms with van der Waals surface area (Å²) < 4.78 is 0. The van der Waals surface area contributed by atoms with E-state index < -0.39 is 0 Å². The molecule has 2 N–H and O–H groups in total. The molecule has 0 aromatic carbocycles. The molecule has 4 fully saturated rings. The van der Waals surface area contributed by atoms with Crippen LogP contribution in [0.2, 0.25) is 0 Å². The van der Waals surface area contributed by atoms with Crippen LogP contribution in [0.25, 0.3) is 0 Å². The van der Waals surface area contributed by atoms with Gasteiger partial charge in [-0.2, -0.15) is 0 Å². The highest BCUT2D eigenvalue weighted by Crippen LogP contribution is 2.60. The van der Waals surface area contributed by atoms with Gasteiger partial charge in [0.15, 0.2) is 0 Å². The summed E-state index contributed by atoms with van der Waals surface area (Å²) in [6, 6.07) is 2.07. The van der Waals surface area contributed by atoms with E-state index in [1.165, 1.54) is 44.2 Å². The van der Waals surface area contributed by atoms with Crippen LogP contribution in [-0.2, 0) is 5.41 Å². The summed E-state index contributed by atoms with van der Waals surface area (Å²) in [5.41, 5.74) is 7.65. The summed E-state index contributed by atoms with van der Waals surface area (Å²) in [6.45, 7) is 4.30. The van der Waals surface area contributed by atoms with E-state index in [0.717, 1.165) is 23.6 Å². The second-order valence-corrected chi connectivity index (χ2v) is 7.89. The van der Waals surface area contributed by atoms with Crippen molar-refractivity contribution in [2.75, 3.05) is 5.73 Å². The number of nitrogen functional groups attached to an aromatic ring is 1. The van der Waals surface area contributed by atoms with Gasteiger partial charge in [0.2, 0.25) is 0 Å². The maximum Gasteiger partial charge on any atom is 0.133 e. The Morgan fingerprint density at radius 3 is 2.10 bits per heavy atom. The Balaban J connectivity index is 1.77. The predicted molar refractivity (Wildman–Crippen MR) is 80.4 cm³/mol. The minimum atomic E-state index is 0.329. The zero-order chi connectivity index (χ0) is 13.9. The third kappa shape index (κ3) is 1.86. The lowest BCUT2D eigenvalue weighted by Gasteiger charge is -2.56. The van der Waals surface area contributed by atoms with Crippen molar-refractivity contribution in [3.8, 4) is 0 Å². The van der Waals surface area contributed by atoms with E-state index in [4.69, 9.17) is 10.7 Å². The average molecular weight is 271 g/mol. The zero-order valence-electron chi connectivity index (χ0n) is 12.6. The van der Waals surface area contributed by atoms with Gasteiger partial charge in [0.05, 0.1) is 5.69 Å². The molecule has 0 saturated heterocycles. The van der Waals surface area contributed by atoms with E-state index in [0.29, 0.717) is 17.2 Å². The molecule has 0 unspecified atom stereocenters. The monoisotopic (exact) mass is 271 g/mol. The first-order chi connectivity index (χ1) is 9.54. The van der Waals surface area contributed by atoms with Gasteiger partial charge in [-0.05, 0) is 56.3 Å². The van der Waals surface area contributed by atoms with E-state index in [1.54, 1.807) is 0 Å². The van der Waals surface area contributed by atoms with Gasteiger partial charge in [-0.3, -0.25) is 0 Å². The van der Waals surface area contributed by atoms with E-state index in [2.05, 4.69) is 24.9 Å². The summed E-state index contributed by atoms with van der Waals surface area (Å²) in [5, 5.41) is 0. The second kappa shape index (κ2) is 4.19. The fraction of sp³-hybridized carbons (Fsp3) is 0.765. The Kier molecular flexibility index (Phi) is 2.64. The smallest absolute Gasteiger partial charge is 0.133 e. The van der Waals surface area contributed by atoms with Crippen LogP contribution in [0, 0.1) is 17.8 Å². The molecule has 5 rings (SSSR count). The van der Waals surface area contributed by atoms with Crippen molar-refractivity contribution in [2.24, 2.45) is 17.8 Å². The first kappa shape index (κ1) is 12.6. The molecule has 0 aliphatic heterocycles. The SMILES string of the molecule is CC(C)c1nc(N)cc(C23CC4CC(CC(C4)C2)C3)n1. The van der Waals surface area contributed by atoms with Crippen molar-refractivity contribution in [1.82, 2.24) is 9.97 Å². The van der Waals surface area contributed by atoms with Crippen LogP contribution in [0.5, 0.6) is 0 Å². The van der Waals surface area contributed by atoms with E-state index in [9.17, 15) is 0 Å². The number of aromatic nitrogens is 2. The van der Waals surface area contributed by atoms with Crippen molar-refractivity contribution in [1.29, 1.82) is 0 Å².